The van der Waals surface area contributed by atoms with Crippen molar-refractivity contribution in [1.29, 1.82) is 5.26 Å². The highest BCUT2D eigenvalue weighted by Crippen LogP contribution is 2.33. The van der Waals surface area contributed by atoms with E-state index < -0.39 is 6.10 Å². The molecule has 0 aromatic heterocycles. The summed E-state index contributed by atoms with van der Waals surface area (Å²) in [6.45, 7) is 0.239. The average Bonchev–Trinajstić information content (AvgIpc) is 2.97. The molecule has 0 saturated carbocycles. The summed E-state index contributed by atoms with van der Waals surface area (Å²) in [6, 6.07) is 14.7. The zero-order valence-corrected chi connectivity index (χ0v) is 13.0. The number of aliphatic hydroxyl groups is 1. The summed E-state index contributed by atoms with van der Waals surface area (Å²) in [4.78, 5) is 14.5. The Balaban J connectivity index is 1.88. The van der Waals surface area contributed by atoms with Crippen molar-refractivity contribution in [3.63, 3.8) is 0 Å². The molecule has 122 valence electrons. The van der Waals surface area contributed by atoms with E-state index in [-0.39, 0.29) is 30.7 Å². The van der Waals surface area contributed by atoms with Crippen LogP contribution in [0.2, 0.25) is 0 Å². The second-order valence-electron chi connectivity index (χ2n) is 5.95. The van der Waals surface area contributed by atoms with Crippen molar-refractivity contribution < 1.29 is 14.3 Å². The molecule has 1 heterocycles. The first-order valence-corrected chi connectivity index (χ1v) is 7.79. The van der Waals surface area contributed by atoms with Crippen LogP contribution in [-0.4, -0.2) is 28.6 Å². The molecule has 1 N–H and O–H groups in total. The monoisotopic (exact) mass is 324 g/mol. The number of benzene rings is 2. The van der Waals surface area contributed by atoms with Crippen LogP contribution >= 0.6 is 0 Å². The Morgan fingerprint density at radius 2 is 2.04 bits per heavy atom. The van der Waals surface area contributed by atoms with Crippen molar-refractivity contribution in [3.8, 4) is 6.07 Å². The number of carbonyl (C=O) groups is 1. The van der Waals surface area contributed by atoms with Crippen LogP contribution in [0.5, 0.6) is 0 Å². The number of hydrogen-bond donors (Lipinski definition) is 1. The molecule has 5 heteroatoms. The second kappa shape index (κ2) is 6.81. The van der Waals surface area contributed by atoms with Gasteiger partial charge in [0.05, 0.1) is 24.6 Å². The van der Waals surface area contributed by atoms with E-state index in [0.717, 1.165) is 11.1 Å². The Kier molecular flexibility index (Phi) is 4.59. The summed E-state index contributed by atoms with van der Waals surface area (Å²) >= 11 is 0. The molecule has 2 atom stereocenters. The van der Waals surface area contributed by atoms with E-state index in [2.05, 4.69) is 6.07 Å². The van der Waals surface area contributed by atoms with Crippen molar-refractivity contribution >= 4 is 5.91 Å². The molecule has 1 saturated heterocycles. The van der Waals surface area contributed by atoms with E-state index in [0.29, 0.717) is 12.0 Å². The number of amides is 1. The first kappa shape index (κ1) is 16.2. The van der Waals surface area contributed by atoms with Gasteiger partial charge < -0.3 is 10.0 Å². The van der Waals surface area contributed by atoms with Gasteiger partial charge in [0.2, 0.25) is 0 Å². The number of rotatable bonds is 3. The van der Waals surface area contributed by atoms with Gasteiger partial charge in [-0.05, 0) is 41.8 Å². The van der Waals surface area contributed by atoms with Gasteiger partial charge in [-0.25, -0.2) is 4.39 Å². The molecule has 4 nitrogen and oxygen atoms in total. The van der Waals surface area contributed by atoms with E-state index in [4.69, 9.17) is 5.26 Å². The van der Waals surface area contributed by atoms with E-state index in [1.165, 1.54) is 12.1 Å². The standard InChI is InChI=1S/C19H17FN2O2/c20-16-6-4-14(5-7-16)18-11-17(23)12-22(18)19(24)15-3-1-2-13(10-15)8-9-21/h1-7,10,17-18,23H,8,11-12H2/t17-,18+/m0/s1. The summed E-state index contributed by atoms with van der Waals surface area (Å²) in [7, 11) is 0. The first-order chi connectivity index (χ1) is 11.6. The van der Waals surface area contributed by atoms with Crippen LogP contribution in [0.3, 0.4) is 0 Å². The van der Waals surface area contributed by atoms with Gasteiger partial charge in [-0.15, -0.1) is 0 Å². The third-order valence-electron chi connectivity index (χ3n) is 4.25. The van der Waals surface area contributed by atoms with Crippen LogP contribution in [0.15, 0.2) is 48.5 Å². The zero-order valence-electron chi connectivity index (χ0n) is 13.0. The SMILES string of the molecule is N#CCc1cccc(C(=O)N2C[C@@H](O)C[C@@H]2c2ccc(F)cc2)c1. The minimum Gasteiger partial charge on any atom is -0.391 e. The lowest BCUT2D eigenvalue weighted by atomic mass is 10.0. The lowest BCUT2D eigenvalue weighted by Gasteiger charge is -2.25. The van der Waals surface area contributed by atoms with Gasteiger partial charge in [-0.2, -0.15) is 5.26 Å². The Morgan fingerprint density at radius 3 is 2.75 bits per heavy atom. The Morgan fingerprint density at radius 1 is 1.29 bits per heavy atom. The summed E-state index contributed by atoms with van der Waals surface area (Å²) in [5.74, 6) is -0.528. The van der Waals surface area contributed by atoms with Crippen LogP contribution < -0.4 is 0 Å². The normalized spacial score (nSPS) is 20.0. The van der Waals surface area contributed by atoms with Gasteiger partial charge in [0, 0.05) is 12.1 Å². The van der Waals surface area contributed by atoms with Gasteiger partial charge in [0.1, 0.15) is 5.82 Å². The molecule has 0 aliphatic carbocycles. The van der Waals surface area contributed by atoms with Gasteiger partial charge in [0.15, 0.2) is 0 Å². The average molecular weight is 324 g/mol. The van der Waals surface area contributed by atoms with Crippen molar-refractivity contribution in [1.82, 2.24) is 4.90 Å². The number of β-amino-alcohol motifs (C(OH)–C–C–N with tert-alkyl or cyclic N) is 1. The molecular formula is C19H17FN2O2. The van der Waals surface area contributed by atoms with Gasteiger partial charge in [-0.3, -0.25) is 4.79 Å². The second-order valence-corrected chi connectivity index (χ2v) is 5.95. The van der Waals surface area contributed by atoms with Crippen LogP contribution in [0, 0.1) is 17.1 Å². The first-order valence-electron chi connectivity index (χ1n) is 7.79. The minimum atomic E-state index is -0.605. The number of aliphatic hydroxyl groups excluding tert-OH is 1. The Hall–Kier alpha value is -2.71. The maximum Gasteiger partial charge on any atom is 0.254 e. The van der Waals surface area contributed by atoms with E-state index in [1.54, 1.807) is 41.3 Å². The molecule has 2 aromatic carbocycles. The molecule has 1 aliphatic heterocycles. The molecule has 0 radical (unpaired) electrons. The third-order valence-corrected chi connectivity index (χ3v) is 4.25. The van der Waals surface area contributed by atoms with E-state index in [9.17, 15) is 14.3 Å². The third kappa shape index (κ3) is 3.29. The Labute approximate surface area is 139 Å². The van der Waals surface area contributed by atoms with Crippen molar-refractivity contribution in [2.24, 2.45) is 0 Å². The van der Waals surface area contributed by atoms with Crippen LogP contribution in [0.25, 0.3) is 0 Å². The molecule has 0 unspecified atom stereocenters. The smallest absolute Gasteiger partial charge is 0.254 e. The Bertz CT molecular complexity index is 783. The molecule has 24 heavy (non-hydrogen) atoms. The van der Waals surface area contributed by atoms with Gasteiger partial charge >= 0.3 is 0 Å². The highest BCUT2D eigenvalue weighted by atomic mass is 19.1. The highest BCUT2D eigenvalue weighted by Gasteiger charge is 2.35. The van der Waals surface area contributed by atoms with Crippen LogP contribution in [-0.2, 0) is 6.42 Å². The molecule has 0 bridgehead atoms. The predicted octanol–water partition coefficient (Wildman–Crippen LogP) is 2.84. The summed E-state index contributed by atoms with van der Waals surface area (Å²) < 4.78 is 13.1. The van der Waals surface area contributed by atoms with Crippen LogP contribution in [0.4, 0.5) is 4.39 Å². The number of nitriles is 1. The fraction of sp³-hybridized carbons (Fsp3) is 0.263. The van der Waals surface area contributed by atoms with Crippen LogP contribution in [0.1, 0.15) is 33.9 Å². The van der Waals surface area contributed by atoms with Gasteiger partial charge in [-0.1, -0.05) is 24.3 Å². The summed E-state index contributed by atoms with van der Waals surface area (Å²) in [5, 5.41) is 18.8. The van der Waals surface area contributed by atoms with E-state index >= 15 is 0 Å². The van der Waals surface area contributed by atoms with Crippen molar-refractivity contribution in [2.75, 3.05) is 6.54 Å². The fourth-order valence-electron chi connectivity index (χ4n) is 3.11. The lowest BCUT2D eigenvalue weighted by molar-refractivity contribution is 0.0715. The molecular weight excluding hydrogens is 307 g/mol. The summed E-state index contributed by atoms with van der Waals surface area (Å²) in [5.41, 5.74) is 2.07. The molecule has 3 rings (SSSR count). The number of hydrogen-bond acceptors (Lipinski definition) is 3. The zero-order chi connectivity index (χ0) is 17.1. The number of likely N-dealkylation sites (tertiary alicyclic amines) is 1. The maximum atomic E-state index is 13.1. The molecule has 0 spiro atoms. The largest absolute Gasteiger partial charge is 0.391 e. The number of halogens is 1. The molecule has 1 fully saturated rings. The van der Waals surface area contributed by atoms with Crippen molar-refractivity contribution in [3.05, 3.63) is 71.0 Å². The fourth-order valence-corrected chi connectivity index (χ4v) is 3.11. The predicted molar refractivity (Wildman–Crippen MR) is 86.6 cm³/mol. The maximum absolute atomic E-state index is 13.1. The lowest BCUT2D eigenvalue weighted by Crippen LogP contribution is -2.31. The molecule has 1 amide bonds. The van der Waals surface area contributed by atoms with E-state index in [1.807, 2.05) is 0 Å². The number of nitrogens with zero attached hydrogens (tertiary/aromatic N) is 2. The van der Waals surface area contributed by atoms with Gasteiger partial charge in [0.25, 0.3) is 5.91 Å². The quantitative estimate of drug-likeness (QED) is 0.944. The molecule has 2 aromatic rings. The highest BCUT2D eigenvalue weighted by molar-refractivity contribution is 5.95. The molecule has 1 aliphatic rings. The topological polar surface area (TPSA) is 64.3 Å². The summed E-state index contributed by atoms with van der Waals surface area (Å²) in [6.07, 6.45) is 0.0618. The number of carbonyl (C=O) groups excluding carboxylic acids is 1. The minimum absolute atomic E-state index is 0.194. The van der Waals surface area contributed by atoms with Crippen molar-refractivity contribution in [2.45, 2.75) is 25.0 Å².